The van der Waals surface area contributed by atoms with Crippen LogP contribution >= 0.6 is 11.3 Å². The molecule has 0 radical (unpaired) electrons. The average Bonchev–Trinajstić information content (AvgIpc) is 2.73. The van der Waals surface area contributed by atoms with Crippen molar-refractivity contribution in [2.24, 2.45) is 0 Å². The summed E-state index contributed by atoms with van der Waals surface area (Å²) in [5, 5.41) is 12.8. The lowest BCUT2D eigenvalue weighted by molar-refractivity contribution is -0.133. The normalized spacial score (nSPS) is 11.9. The molecule has 0 aliphatic rings. The highest BCUT2D eigenvalue weighted by Gasteiger charge is 2.22. The molecule has 108 valence electrons. The van der Waals surface area contributed by atoms with Gasteiger partial charge in [0, 0.05) is 24.4 Å². The van der Waals surface area contributed by atoms with Crippen molar-refractivity contribution in [1.29, 1.82) is 0 Å². The van der Waals surface area contributed by atoms with Crippen LogP contribution in [0.2, 0.25) is 0 Å². The molecule has 1 N–H and O–H groups in total. The zero-order valence-electron chi connectivity index (χ0n) is 12.4. The maximum Gasteiger partial charge on any atom is 0.228 e. The van der Waals surface area contributed by atoms with Crippen LogP contribution in [0.4, 0.5) is 0 Å². The monoisotopic (exact) mass is 284 g/mol. The van der Waals surface area contributed by atoms with E-state index in [4.69, 9.17) is 0 Å². The highest BCUT2D eigenvalue weighted by molar-refractivity contribution is 7.09. The number of rotatable bonds is 6. The number of hydrogen-bond donors (Lipinski definition) is 1. The van der Waals surface area contributed by atoms with Crippen LogP contribution in [0.1, 0.15) is 51.2 Å². The van der Waals surface area contributed by atoms with Gasteiger partial charge in [-0.3, -0.25) is 4.79 Å². The molecule has 0 unspecified atom stereocenters. The molecule has 1 aromatic heterocycles. The van der Waals surface area contributed by atoms with E-state index in [-0.39, 0.29) is 5.91 Å². The predicted molar refractivity (Wildman–Crippen MR) is 78.5 cm³/mol. The number of amides is 1. The summed E-state index contributed by atoms with van der Waals surface area (Å²) >= 11 is 1.60. The van der Waals surface area contributed by atoms with Crippen molar-refractivity contribution in [1.82, 2.24) is 9.88 Å². The third-order valence-corrected chi connectivity index (χ3v) is 3.90. The number of carbonyl (C=O) groups is 1. The lowest BCUT2D eigenvalue weighted by Crippen LogP contribution is -2.42. The van der Waals surface area contributed by atoms with E-state index in [1.165, 1.54) is 0 Å². The highest BCUT2D eigenvalue weighted by Crippen LogP contribution is 2.19. The third kappa shape index (κ3) is 5.28. The van der Waals surface area contributed by atoms with E-state index in [2.05, 4.69) is 18.8 Å². The van der Waals surface area contributed by atoms with Crippen molar-refractivity contribution in [3.8, 4) is 0 Å². The molecule has 0 saturated heterocycles. The summed E-state index contributed by atoms with van der Waals surface area (Å²) in [4.78, 5) is 18.3. The van der Waals surface area contributed by atoms with Gasteiger partial charge in [0.25, 0.3) is 0 Å². The standard InChI is InChI=1S/C14H24N2O2S/c1-6-16(9-14(4,5)18)12(17)7-11-8-19-13(15-11)10(2)3/h8,10,18H,6-7,9H2,1-5H3. The Labute approximate surface area is 119 Å². The van der Waals surface area contributed by atoms with Crippen LogP contribution in [0.25, 0.3) is 0 Å². The summed E-state index contributed by atoms with van der Waals surface area (Å²) < 4.78 is 0. The second-order valence-electron chi connectivity index (χ2n) is 5.73. The van der Waals surface area contributed by atoms with Crippen molar-refractivity contribution in [2.75, 3.05) is 13.1 Å². The summed E-state index contributed by atoms with van der Waals surface area (Å²) in [6, 6.07) is 0. The number of aromatic nitrogens is 1. The van der Waals surface area contributed by atoms with Crippen LogP contribution in [0, 0.1) is 0 Å². The zero-order valence-corrected chi connectivity index (χ0v) is 13.3. The number of likely N-dealkylation sites (N-methyl/N-ethyl adjacent to an activating group) is 1. The Morgan fingerprint density at radius 1 is 1.53 bits per heavy atom. The van der Waals surface area contributed by atoms with Gasteiger partial charge in [-0.2, -0.15) is 0 Å². The van der Waals surface area contributed by atoms with Crippen molar-refractivity contribution < 1.29 is 9.90 Å². The lowest BCUT2D eigenvalue weighted by atomic mass is 10.1. The fourth-order valence-electron chi connectivity index (χ4n) is 1.78. The molecule has 1 rings (SSSR count). The summed E-state index contributed by atoms with van der Waals surface area (Å²) in [5.74, 6) is 0.415. The first-order valence-electron chi connectivity index (χ1n) is 6.67. The van der Waals surface area contributed by atoms with Crippen LogP contribution < -0.4 is 0 Å². The van der Waals surface area contributed by atoms with E-state index < -0.39 is 5.60 Å². The SMILES string of the molecule is CCN(CC(C)(C)O)C(=O)Cc1csc(C(C)C)n1. The molecule has 0 aliphatic carbocycles. The minimum absolute atomic E-state index is 0.0187. The minimum atomic E-state index is -0.864. The molecule has 5 heteroatoms. The number of carbonyl (C=O) groups excluding carboxylic acids is 1. The van der Waals surface area contributed by atoms with Crippen LogP contribution in [0.3, 0.4) is 0 Å². The first kappa shape index (κ1) is 16.1. The van der Waals surface area contributed by atoms with E-state index >= 15 is 0 Å². The molecule has 0 atom stereocenters. The van der Waals surface area contributed by atoms with Gasteiger partial charge in [0.05, 0.1) is 22.7 Å². The summed E-state index contributed by atoms with van der Waals surface area (Å²) in [6.45, 7) is 10.5. The van der Waals surface area contributed by atoms with E-state index in [9.17, 15) is 9.90 Å². The number of aliphatic hydroxyl groups is 1. The van der Waals surface area contributed by atoms with Gasteiger partial charge in [0.2, 0.25) is 5.91 Å². The lowest BCUT2D eigenvalue weighted by Gasteiger charge is -2.28. The molecule has 19 heavy (non-hydrogen) atoms. The topological polar surface area (TPSA) is 53.4 Å². The first-order chi connectivity index (χ1) is 8.73. The molecule has 1 aromatic rings. The Hall–Kier alpha value is -0.940. The van der Waals surface area contributed by atoms with Gasteiger partial charge >= 0.3 is 0 Å². The Morgan fingerprint density at radius 3 is 2.58 bits per heavy atom. The third-order valence-electron chi connectivity index (χ3n) is 2.71. The Balaban J connectivity index is 2.66. The van der Waals surface area contributed by atoms with Gasteiger partial charge < -0.3 is 10.0 Å². The van der Waals surface area contributed by atoms with Crippen LogP contribution in [-0.2, 0) is 11.2 Å². The molecule has 1 amide bonds. The molecule has 0 saturated carbocycles. The summed E-state index contributed by atoms with van der Waals surface area (Å²) in [5.41, 5.74) is -0.0375. The van der Waals surface area contributed by atoms with Crippen molar-refractivity contribution in [3.63, 3.8) is 0 Å². The predicted octanol–water partition coefficient (Wildman–Crippen LogP) is 2.43. The van der Waals surface area contributed by atoms with E-state index in [0.717, 1.165) is 10.7 Å². The van der Waals surface area contributed by atoms with Crippen LogP contribution in [0.15, 0.2) is 5.38 Å². The van der Waals surface area contributed by atoms with E-state index in [1.54, 1.807) is 30.1 Å². The largest absolute Gasteiger partial charge is 0.389 e. The highest BCUT2D eigenvalue weighted by atomic mass is 32.1. The Kier molecular flexibility index (Phi) is 5.50. The number of nitrogens with zero attached hydrogens (tertiary/aromatic N) is 2. The van der Waals surface area contributed by atoms with Crippen molar-refractivity contribution in [2.45, 2.75) is 52.6 Å². The van der Waals surface area contributed by atoms with Crippen LogP contribution in [-0.4, -0.2) is 39.6 Å². The quantitative estimate of drug-likeness (QED) is 0.873. The molecule has 0 aromatic carbocycles. The Morgan fingerprint density at radius 2 is 2.16 bits per heavy atom. The molecular formula is C14H24N2O2S. The summed E-state index contributed by atoms with van der Waals surface area (Å²) in [7, 11) is 0. The van der Waals surface area contributed by atoms with Gasteiger partial charge in [-0.25, -0.2) is 4.98 Å². The van der Waals surface area contributed by atoms with Gasteiger partial charge in [0.15, 0.2) is 0 Å². The van der Waals surface area contributed by atoms with E-state index in [0.29, 0.717) is 25.4 Å². The molecule has 4 nitrogen and oxygen atoms in total. The molecule has 0 spiro atoms. The maximum absolute atomic E-state index is 12.2. The Bertz CT molecular complexity index is 421. The maximum atomic E-state index is 12.2. The average molecular weight is 284 g/mol. The second kappa shape index (κ2) is 6.48. The summed E-state index contributed by atoms with van der Waals surface area (Å²) in [6.07, 6.45) is 0.313. The smallest absolute Gasteiger partial charge is 0.228 e. The zero-order chi connectivity index (χ0) is 14.6. The van der Waals surface area contributed by atoms with Gasteiger partial charge in [-0.1, -0.05) is 13.8 Å². The number of hydrogen-bond acceptors (Lipinski definition) is 4. The first-order valence-corrected chi connectivity index (χ1v) is 7.55. The molecule has 1 heterocycles. The fourth-order valence-corrected chi connectivity index (χ4v) is 2.61. The van der Waals surface area contributed by atoms with Crippen LogP contribution in [0.5, 0.6) is 0 Å². The van der Waals surface area contributed by atoms with Gasteiger partial charge in [0.1, 0.15) is 0 Å². The van der Waals surface area contributed by atoms with Crippen molar-refractivity contribution >= 4 is 17.2 Å². The van der Waals surface area contributed by atoms with Gasteiger partial charge in [-0.15, -0.1) is 11.3 Å². The number of thiazole rings is 1. The minimum Gasteiger partial charge on any atom is -0.389 e. The molecule has 0 fully saturated rings. The van der Waals surface area contributed by atoms with Gasteiger partial charge in [-0.05, 0) is 20.8 Å². The fraction of sp³-hybridized carbons (Fsp3) is 0.714. The van der Waals surface area contributed by atoms with E-state index in [1.807, 2.05) is 12.3 Å². The molecule has 0 bridgehead atoms. The van der Waals surface area contributed by atoms with Crippen molar-refractivity contribution in [3.05, 3.63) is 16.1 Å². The second-order valence-corrected chi connectivity index (χ2v) is 6.62. The molecule has 0 aliphatic heterocycles. The molecular weight excluding hydrogens is 260 g/mol.